The highest BCUT2D eigenvalue weighted by atomic mass is 16.5. The highest BCUT2D eigenvalue weighted by molar-refractivity contribution is 6.15. The molecule has 0 saturated carbocycles. The van der Waals surface area contributed by atoms with E-state index >= 15 is 0 Å². The molecule has 0 N–H and O–H groups in total. The van der Waals surface area contributed by atoms with Crippen LogP contribution in [0.2, 0.25) is 0 Å². The summed E-state index contributed by atoms with van der Waals surface area (Å²) >= 11 is 0. The minimum atomic E-state index is 0.101. The fourth-order valence-corrected chi connectivity index (χ4v) is 3.82. The van der Waals surface area contributed by atoms with Crippen LogP contribution in [0.4, 0.5) is 0 Å². The van der Waals surface area contributed by atoms with E-state index in [2.05, 4.69) is 30.3 Å². The van der Waals surface area contributed by atoms with Gasteiger partial charge in [-0.1, -0.05) is 54.6 Å². The first-order valence-electron chi connectivity index (χ1n) is 9.82. The summed E-state index contributed by atoms with van der Waals surface area (Å²) in [4.78, 5) is 13.4. The minimum absolute atomic E-state index is 0.101. The number of fused-ring (bicyclic) bond motifs is 1. The van der Waals surface area contributed by atoms with E-state index in [9.17, 15) is 4.79 Å². The molecule has 0 atom stereocenters. The zero-order valence-electron chi connectivity index (χ0n) is 16.3. The van der Waals surface area contributed by atoms with Crippen LogP contribution in [0.15, 0.2) is 84.4 Å². The molecule has 0 aliphatic heterocycles. The predicted octanol–water partition coefficient (Wildman–Crippen LogP) is 6.10. The van der Waals surface area contributed by atoms with Gasteiger partial charge in [0.2, 0.25) is 0 Å². The Labute approximate surface area is 166 Å². The quantitative estimate of drug-likeness (QED) is 0.508. The first-order valence-corrected chi connectivity index (χ1v) is 9.82. The van der Waals surface area contributed by atoms with E-state index < -0.39 is 0 Å². The van der Waals surface area contributed by atoms with Crippen molar-refractivity contribution >= 4 is 11.4 Å². The fraction of sp³-hybridized carbons (Fsp3) is 0.192. The molecule has 140 valence electrons. The molecule has 0 bridgehead atoms. The number of ketones is 1. The van der Waals surface area contributed by atoms with Crippen molar-refractivity contribution in [3.05, 3.63) is 107 Å². The van der Waals surface area contributed by atoms with E-state index in [0.29, 0.717) is 5.56 Å². The molecule has 0 fully saturated rings. The van der Waals surface area contributed by atoms with Crippen molar-refractivity contribution in [1.29, 1.82) is 0 Å². The van der Waals surface area contributed by atoms with Crippen LogP contribution in [0.25, 0.3) is 5.57 Å². The number of hydrogen-bond donors (Lipinski definition) is 0. The summed E-state index contributed by atoms with van der Waals surface area (Å²) in [5, 5.41) is 0. The third-order valence-electron chi connectivity index (χ3n) is 5.06. The number of carbonyl (C=O) groups is 1. The Morgan fingerprint density at radius 1 is 0.821 bits per heavy atom. The number of allylic oxidation sites excluding steroid dienone is 1. The maximum absolute atomic E-state index is 13.4. The SMILES string of the molecule is CC(C)Oc1ccc(C(=O)C2=C(c3ccccc3)c3ccccc3CC2)cc1. The van der Waals surface area contributed by atoms with Gasteiger partial charge in [0.05, 0.1) is 6.10 Å². The monoisotopic (exact) mass is 368 g/mol. The van der Waals surface area contributed by atoms with E-state index in [1.165, 1.54) is 11.1 Å². The Kier molecular flexibility index (Phi) is 5.12. The Bertz CT molecular complexity index is 1010. The van der Waals surface area contributed by atoms with E-state index in [1.807, 2.05) is 62.4 Å². The van der Waals surface area contributed by atoms with Crippen LogP contribution in [0.5, 0.6) is 5.75 Å². The van der Waals surface area contributed by atoms with Gasteiger partial charge in [-0.15, -0.1) is 0 Å². The van der Waals surface area contributed by atoms with E-state index in [4.69, 9.17) is 4.74 Å². The number of rotatable bonds is 5. The van der Waals surface area contributed by atoms with Crippen LogP contribution >= 0.6 is 0 Å². The van der Waals surface area contributed by atoms with E-state index in [1.54, 1.807) is 0 Å². The summed E-state index contributed by atoms with van der Waals surface area (Å²) in [7, 11) is 0. The Hall–Kier alpha value is -3.13. The summed E-state index contributed by atoms with van der Waals surface area (Å²) < 4.78 is 5.71. The van der Waals surface area contributed by atoms with Crippen molar-refractivity contribution in [2.24, 2.45) is 0 Å². The van der Waals surface area contributed by atoms with Crippen LogP contribution in [-0.4, -0.2) is 11.9 Å². The first-order chi connectivity index (χ1) is 13.6. The van der Waals surface area contributed by atoms with Crippen molar-refractivity contribution in [2.75, 3.05) is 0 Å². The topological polar surface area (TPSA) is 26.3 Å². The van der Waals surface area contributed by atoms with Crippen LogP contribution in [0.3, 0.4) is 0 Å². The van der Waals surface area contributed by atoms with Gasteiger partial charge in [0, 0.05) is 11.1 Å². The van der Waals surface area contributed by atoms with Gasteiger partial charge in [0.1, 0.15) is 5.75 Å². The molecule has 28 heavy (non-hydrogen) atoms. The Balaban J connectivity index is 1.79. The van der Waals surface area contributed by atoms with Gasteiger partial charge in [-0.3, -0.25) is 4.79 Å². The maximum atomic E-state index is 13.4. The smallest absolute Gasteiger partial charge is 0.189 e. The Morgan fingerprint density at radius 2 is 1.50 bits per heavy atom. The van der Waals surface area contributed by atoms with Crippen LogP contribution in [-0.2, 0) is 6.42 Å². The molecule has 0 amide bonds. The van der Waals surface area contributed by atoms with Gasteiger partial charge in [-0.05, 0) is 73.2 Å². The lowest BCUT2D eigenvalue weighted by molar-refractivity contribution is 0.103. The third-order valence-corrected chi connectivity index (χ3v) is 5.06. The van der Waals surface area contributed by atoms with Crippen LogP contribution in [0, 0.1) is 0 Å². The molecule has 0 heterocycles. The van der Waals surface area contributed by atoms with Crippen molar-refractivity contribution < 1.29 is 9.53 Å². The molecule has 2 nitrogen and oxygen atoms in total. The fourth-order valence-electron chi connectivity index (χ4n) is 3.82. The molecule has 2 heteroatoms. The van der Waals surface area contributed by atoms with Crippen LogP contribution in [0.1, 0.15) is 47.3 Å². The van der Waals surface area contributed by atoms with Crippen molar-refractivity contribution in [3.8, 4) is 5.75 Å². The van der Waals surface area contributed by atoms with Gasteiger partial charge in [0.15, 0.2) is 5.78 Å². The number of hydrogen-bond acceptors (Lipinski definition) is 2. The van der Waals surface area contributed by atoms with Gasteiger partial charge >= 0.3 is 0 Å². The number of benzene rings is 3. The molecule has 0 unspecified atom stereocenters. The lowest BCUT2D eigenvalue weighted by Gasteiger charge is -2.23. The van der Waals surface area contributed by atoms with E-state index in [-0.39, 0.29) is 11.9 Å². The number of aryl methyl sites for hydroxylation is 1. The summed E-state index contributed by atoms with van der Waals surface area (Å²) in [6.45, 7) is 3.99. The second kappa shape index (κ2) is 7.85. The molecule has 0 radical (unpaired) electrons. The molecule has 3 aromatic rings. The average molecular weight is 368 g/mol. The second-order valence-corrected chi connectivity index (χ2v) is 7.40. The highest BCUT2D eigenvalue weighted by Gasteiger charge is 2.25. The normalized spacial score (nSPS) is 13.4. The highest BCUT2D eigenvalue weighted by Crippen LogP contribution is 2.37. The number of Topliss-reactive ketones (excluding diaryl/α,β-unsaturated/α-hetero) is 1. The molecule has 0 aromatic heterocycles. The van der Waals surface area contributed by atoms with Gasteiger partial charge in [-0.2, -0.15) is 0 Å². The molecule has 0 spiro atoms. The van der Waals surface area contributed by atoms with Crippen molar-refractivity contribution in [2.45, 2.75) is 32.8 Å². The van der Waals surface area contributed by atoms with Crippen molar-refractivity contribution in [3.63, 3.8) is 0 Å². The summed E-state index contributed by atoms with van der Waals surface area (Å²) in [5.41, 5.74) is 6.23. The molecule has 0 saturated heterocycles. The van der Waals surface area contributed by atoms with Crippen LogP contribution < -0.4 is 4.74 Å². The molecule has 3 aromatic carbocycles. The average Bonchev–Trinajstić information content (AvgIpc) is 2.73. The van der Waals surface area contributed by atoms with E-state index in [0.717, 1.165) is 35.3 Å². The van der Waals surface area contributed by atoms with Gasteiger partial charge in [-0.25, -0.2) is 0 Å². The molecular formula is C26H24O2. The second-order valence-electron chi connectivity index (χ2n) is 7.40. The molecule has 4 rings (SSSR count). The minimum Gasteiger partial charge on any atom is -0.491 e. The van der Waals surface area contributed by atoms with Crippen molar-refractivity contribution in [1.82, 2.24) is 0 Å². The van der Waals surface area contributed by atoms with Gasteiger partial charge in [0.25, 0.3) is 0 Å². The van der Waals surface area contributed by atoms with Gasteiger partial charge < -0.3 is 4.74 Å². The first kappa shape index (κ1) is 18.2. The summed E-state index contributed by atoms with van der Waals surface area (Å²) in [6, 6.07) is 26.2. The summed E-state index contributed by atoms with van der Waals surface area (Å²) in [6.07, 6.45) is 1.76. The predicted molar refractivity (Wildman–Crippen MR) is 114 cm³/mol. The largest absolute Gasteiger partial charge is 0.491 e. The standard InChI is InChI=1S/C26H24O2/c1-18(2)28-22-15-12-21(13-16-22)26(27)24-17-14-19-8-6-7-11-23(19)25(24)20-9-4-3-5-10-20/h3-13,15-16,18H,14,17H2,1-2H3. The third kappa shape index (κ3) is 3.63. The zero-order valence-corrected chi connectivity index (χ0v) is 16.3. The molecular weight excluding hydrogens is 344 g/mol. The zero-order chi connectivity index (χ0) is 19.5. The maximum Gasteiger partial charge on any atom is 0.189 e. The lowest BCUT2D eigenvalue weighted by Crippen LogP contribution is -2.14. The number of ether oxygens (including phenoxy) is 1. The molecule has 1 aliphatic rings. The lowest BCUT2D eigenvalue weighted by atomic mass is 9.80. The number of carbonyl (C=O) groups excluding carboxylic acids is 1. The summed E-state index contributed by atoms with van der Waals surface area (Å²) in [5.74, 6) is 0.891. The Morgan fingerprint density at radius 3 is 2.21 bits per heavy atom. The molecule has 1 aliphatic carbocycles.